The van der Waals surface area contributed by atoms with E-state index < -0.39 is 5.54 Å². The molecule has 0 saturated heterocycles. The maximum atomic E-state index is 12.9. The van der Waals surface area contributed by atoms with Gasteiger partial charge in [0.15, 0.2) is 0 Å². The van der Waals surface area contributed by atoms with E-state index in [4.69, 9.17) is 0 Å². The van der Waals surface area contributed by atoms with Crippen LogP contribution in [0, 0.1) is 11.6 Å². The summed E-state index contributed by atoms with van der Waals surface area (Å²) < 4.78 is 25.8. The molecule has 0 heterocycles. The first-order chi connectivity index (χ1) is 9.59. The van der Waals surface area contributed by atoms with Crippen molar-refractivity contribution < 1.29 is 13.6 Å². The minimum atomic E-state index is -0.404. The summed E-state index contributed by atoms with van der Waals surface area (Å²) in [6.07, 6.45) is 1.65. The molecule has 0 unspecified atom stereocenters. The largest absolute Gasteiger partial charge is 0.343 e. The van der Waals surface area contributed by atoms with Gasteiger partial charge in [0.1, 0.15) is 11.6 Å². The molecular weight excluding hydrogens is 260 g/mol. The SMILES string of the molecule is O=C(NC1(c2ccc(F)cc2)CC1)c1ccc(F)cc1. The highest BCUT2D eigenvalue weighted by molar-refractivity contribution is 5.95. The van der Waals surface area contributed by atoms with Gasteiger partial charge in [-0.05, 0) is 54.8 Å². The second-order valence-corrected chi connectivity index (χ2v) is 5.05. The molecule has 3 rings (SSSR count). The van der Waals surface area contributed by atoms with Crippen molar-refractivity contribution >= 4 is 5.91 Å². The average Bonchev–Trinajstić information content (AvgIpc) is 3.21. The molecule has 2 nitrogen and oxygen atoms in total. The molecule has 2 aromatic carbocycles. The highest BCUT2D eigenvalue weighted by Crippen LogP contribution is 2.45. The van der Waals surface area contributed by atoms with Crippen LogP contribution in [0.25, 0.3) is 0 Å². The van der Waals surface area contributed by atoms with Gasteiger partial charge in [-0.3, -0.25) is 4.79 Å². The van der Waals surface area contributed by atoms with Crippen molar-refractivity contribution in [3.8, 4) is 0 Å². The normalized spacial score (nSPS) is 15.7. The Bertz CT molecular complexity index is 631. The van der Waals surface area contributed by atoms with Gasteiger partial charge in [-0.1, -0.05) is 12.1 Å². The Morgan fingerprint density at radius 1 is 0.900 bits per heavy atom. The molecule has 2 aromatic rings. The summed E-state index contributed by atoms with van der Waals surface area (Å²) in [5.74, 6) is -0.914. The number of benzene rings is 2. The van der Waals surface area contributed by atoms with E-state index in [1.165, 1.54) is 36.4 Å². The van der Waals surface area contributed by atoms with Gasteiger partial charge < -0.3 is 5.32 Å². The first-order valence-corrected chi connectivity index (χ1v) is 6.43. The van der Waals surface area contributed by atoms with Gasteiger partial charge in [-0.2, -0.15) is 0 Å². The van der Waals surface area contributed by atoms with Gasteiger partial charge in [0.05, 0.1) is 5.54 Å². The van der Waals surface area contributed by atoms with Crippen LogP contribution in [0.4, 0.5) is 8.78 Å². The second kappa shape index (κ2) is 4.71. The molecule has 1 aliphatic carbocycles. The lowest BCUT2D eigenvalue weighted by Crippen LogP contribution is -2.34. The topological polar surface area (TPSA) is 29.1 Å². The molecule has 1 amide bonds. The fourth-order valence-corrected chi connectivity index (χ4v) is 2.27. The summed E-state index contributed by atoms with van der Waals surface area (Å²) in [7, 11) is 0. The predicted octanol–water partition coefficient (Wildman–Crippen LogP) is 3.38. The van der Waals surface area contributed by atoms with E-state index in [0.717, 1.165) is 18.4 Å². The third-order valence-corrected chi connectivity index (χ3v) is 3.61. The number of carbonyl (C=O) groups is 1. The number of carbonyl (C=O) groups excluding carboxylic acids is 1. The van der Waals surface area contributed by atoms with E-state index in [1.54, 1.807) is 12.1 Å². The van der Waals surface area contributed by atoms with Crippen LogP contribution in [0.5, 0.6) is 0 Å². The van der Waals surface area contributed by atoms with Gasteiger partial charge in [0.25, 0.3) is 5.91 Å². The molecule has 0 radical (unpaired) electrons. The first-order valence-electron chi connectivity index (χ1n) is 6.43. The van der Waals surface area contributed by atoms with Crippen molar-refractivity contribution in [2.45, 2.75) is 18.4 Å². The van der Waals surface area contributed by atoms with Crippen LogP contribution in [-0.4, -0.2) is 5.91 Å². The number of hydrogen-bond acceptors (Lipinski definition) is 1. The number of hydrogen-bond donors (Lipinski definition) is 1. The quantitative estimate of drug-likeness (QED) is 0.912. The molecule has 102 valence electrons. The van der Waals surface area contributed by atoms with E-state index in [9.17, 15) is 13.6 Å². The highest BCUT2D eigenvalue weighted by Gasteiger charge is 2.45. The summed E-state index contributed by atoms with van der Waals surface area (Å²) >= 11 is 0. The molecule has 0 aliphatic heterocycles. The molecule has 1 saturated carbocycles. The number of halogens is 2. The van der Waals surface area contributed by atoms with E-state index >= 15 is 0 Å². The van der Waals surface area contributed by atoms with Crippen molar-refractivity contribution in [1.82, 2.24) is 5.32 Å². The molecule has 0 atom stereocenters. The fraction of sp³-hybridized carbons (Fsp3) is 0.188. The Kier molecular flexibility index (Phi) is 3.01. The zero-order valence-electron chi connectivity index (χ0n) is 10.7. The summed E-state index contributed by atoms with van der Waals surface area (Å²) in [5.41, 5.74) is 0.910. The Morgan fingerprint density at radius 3 is 1.90 bits per heavy atom. The Labute approximate surface area is 115 Å². The second-order valence-electron chi connectivity index (χ2n) is 5.05. The van der Waals surface area contributed by atoms with Crippen LogP contribution in [0.3, 0.4) is 0 Å². The van der Waals surface area contributed by atoms with E-state index in [-0.39, 0.29) is 17.5 Å². The van der Waals surface area contributed by atoms with Crippen LogP contribution < -0.4 is 5.32 Å². The zero-order valence-corrected chi connectivity index (χ0v) is 10.7. The molecule has 0 spiro atoms. The average molecular weight is 273 g/mol. The third kappa shape index (κ3) is 2.41. The van der Waals surface area contributed by atoms with Crippen molar-refractivity contribution in [2.75, 3.05) is 0 Å². The number of rotatable bonds is 3. The van der Waals surface area contributed by atoms with E-state index in [1.807, 2.05) is 0 Å². The lowest BCUT2D eigenvalue weighted by atomic mass is 10.0. The van der Waals surface area contributed by atoms with Gasteiger partial charge >= 0.3 is 0 Å². The molecule has 0 aromatic heterocycles. The maximum Gasteiger partial charge on any atom is 0.251 e. The van der Waals surface area contributed by atoms with Crippen molar-refractivity contribution in [2.24, 2.45) is 0 Å². The van der Waals surface area contributed by atoms with Gasteiger partial charge in [-0.15, -0.1) is 0 Å². The monoisotopic (exact) mass is 273 g/mol. The summed E-state index contributed by atoms with van der Waals surface area (Å²) in [6, 6.07) is 11.6. The van der Waals surface area contributed by atoms with Crippen molar-refractivity contribution in [3.63, 3.8) is 0 Å². The van der Waals surface area contributed by atoms with Crippen LogP contribution in [0.1, 0.15) is 28.8 Å². The molecule has 4 heteroatoms. The first kappa shape index (κ1) is 12.8. The lowest BCUT2D eigenvalue weighted by Gasteiger charge is -2.18. The van der Waals surface area contributed by atoms with Crippen LogP contribution in [0.2, 0.25) is 0 Å². The third-order valence-electron chi connectivity index (χ3n) is 3.61. The van der Waals surface area contributed by atoms with Gasteiger partial charge in [0.2, 0.25) is 0 Å². The van der Waals surface area contributed by atoms with Gasteiger partial charge in [-0.25, -0.2) is 8.78 Å². The van der Waals surface area contributed by atoms with E-state index in [0.29, 0.717) is 5.56 Å². The van der Waals surface area contributed by atoms with E-state index in [2.05, 4.69) is 5.32 Å². The molecule has 20 heavy (non-hydrogen) atoms. The standard InChI is InChI=1S/C16H13F2NO/c17-13-5-1-11(2-6-13)15(20)19-16(9-10-16)12-3-7-14(18)8-4-12/h1-8H,9-10H2,(H,19,20). The minimum absolute atomic E-state index is 0.244. The van der Waals surface area contributed by atoms with Gasteiger partial charge in [0, 0.05) is 5.56 Å². The number of amides is 1. The summed E-state index contributed by atoms with van der Waals surface area (Å²) in [6.45, 7) is 0. The summed E-state index contributed by atoms with van der Waals surface area (Å²) in [5, 5.41) is 2.96. The van der Waals surface area contributed by atoms with Crippen LogP contribution in [-0.2, 0) is 5.54 Å². The molecule has 1 N–H and O–H groups in total. The number of nitrogens with one attached hydrogen (secondary N) is 1. The smallest absolute Gasteiger partial charge is 0.251 e. The zero-order chi connectivity index (χ0) is 14.2. The Morgan fingerprint density at radius 2 is 1.40 bits per heavy atom. The summed E-state index contributed by atoms with van der Waals surface area (Å²) in [4.78, 5) is 12.1. The Hall–Kier alpha value is -2.23. The van der Waals surface area contributed by atoms with Crippen molar-refractivity contribution in [1.29, 1.82) is 0 Å². The maximum absolute atomic E-state index is 12.9. The van der Waals surface area contributed by atoms with Crippen LogP contribution >= 0.6 is 0 Å². The minimum Gasteiger partial charge on any atom is -0.343 e. The fourth-order valence-electron chi connectivity index (χ4n) is 2.27. The predicted molar refractivity (Wildman–Crippen MR) is 71.2 cm³/mol. The molecular formula is C16H13F2NO. The lowest BCUT2D eigenvalue weighted by molar-refractivity contribution is 0.0931. The Balaban J connectivity index is 1.78. The van der Waals surface area contributed by atoms with Crippen molar-refractivity contribution in [3.05, 3.63) is 71.3 Å². The highest BCUT2D eigenvalue weighted by atomic mass is 19.1. The molecule has 1 aliphatic rings. The van der Waals surface area contributed by atoms with Crippen LogP contribution in [0.15, 0.2) is 48.5 Å². The molecule has 0 bridgehead atoms. The molecule has 1 fully saturated rings.